The van der Waals surface area contributed by atoms with E-state index in [2.05, 4.69) is 46.9 Å². The van der Waals surface area contributed by atoms with Crippen LogP contribution in [0, 0.1) is 0 Å². The Morgan fingerprint density at radius 2 is 1.50 bits per heavy atom. The maximum Gasteiger partial charge on any atom is 0.121 e. The number of rotatable bonds is 4. The van der Waals surface area contributed by atoms with Gasteiger partial charge in [0.1, 0.15) is 11.5 Å². The van der Waals surface area contributed by atoms with E-state index in [-0.39, 0.29) is 0 Å². The molecule has 0 amide bonds. The van der Waals surface area contributed by atoms with Crippen LogP contribution in [-0.4, -0.2) is 23.6 Å². The predicted octanol–water partition coefficient (Wildman–Crippen LogP) is 5.25. The summed E-state index contributed by atoms with van der Waals surface area (Å²) < 4.78 is 13.2. The fourth-order valence-electron chi connectivity index (χ4n) is 3.92. The normalized spacial score (nSPS) is 11.4. The highest BCUT2D eigenvalue weighted by Crippen LogP contribution is 2.34. The molecule has 3 aromatic carbocycles. The largest absolute Gasteiger partial charge is 0.497 e. The Balaban J connectivity index is 1.86. The molecule has 5 aromatic rings. The van der Waals surface area contributed by atoms with Crippen molar-refractivity contribution in [2.24, 2.45) is 0 Å². The zero-order valence-corrected chi connectivity index (χ0v) is 15.8. The molecule has 0 aliphatic rings. The predicted molar refractivity (Wildman–Crippen MR) is 113 cm³/mol. The lowest BCUT2D eigenvalue weighted by molar-refractivity contribution is 0.415. The smallest absolute Gasteiger partial charge is 0.121 e. The number of aromatic nitrogens is 2. The minimum Gasteiger partial charge on any atom is -0.497 e. The van der Waals surface area contributed by atoms with Gasteiger partial charge in [0.25, 0.3) is 0 Å². The maximum atomic E-state index is 5.50. The van der Waals surface area contributed by atoms with Gasteiger partial charge in [0.05, 0.1) is 42.5 Å². The van der Waals surface area contributed by atoms with E-state index in [9.17, 15) is 0 Å². The van der Waals surface area contributed by atoms with Crippen LogP contribution in [0.25, 0.3) is 27.5 Å². The Bertz CT molecular complexity index is 1310. The van der Waals surface area contributed by atoms with E-state index >= 15 is 0 Å². The van der Waals surface area contributed by atoms with Gasteiger partial charge < -0.3 is 13.9 Å². The number of benzene rings is 3. The van der Waals surface area contributed by atoms with Crippen LogP contribution in [0.1, 0.15) is 11.1 Å². The lowest BCUT2D eigenvalue weighted by Gasteiger charge is -2.07. The minimum atomic E-state index is 0.807. The number of fused-ring (bicyclic) bond motifs is 5. The number of nitrogens with zero attached hydrogens (tertiary/aromatic N) is 2. The molecule has 0 atom stereocenters. The Morgan fingerprint density at radius 3 is 2.25 bits per heavy atom. The van der Waals surface area contributed by atoms with E-state index in [4.69, 9.17) is 14.5 Å². The van der Waals surface area contributed by atoms with Gasteiger partial charge in [0, 0.05) is 17.9 Å². The molecule has 0 fully saturated rings. The van der Waals surface area contributed by atoms with Crippen molar-refractivity contribution in [1.29, 1.82) is 0 Å². The Morgan fingerprint density at radius 1 is 0.786 bits per heavy atom. The highest BCUT2D eigenvalue weighted by atomic mass is 16.5. The molecule has 4 heteroatoms. The molecule has 0 bridgehead atoms. The standard InChI is InChI=1S/C24H20N2O2/c1-27-17-8-10-22-20(13-17)19(12-16-6-4-3-5-7-16)24-15-25-21-14-18(28-2)9-11-23(21)26(22)24/h3-11,13-15H,12H2,1-2H3. The van der Waals surface area contributed by atoms with Gasteiger partial charge in [0.15, 0.2) is 0 Å². The molecule has 0 N–H and O–H groups in total. The van der Waals surface area contributed by atoms with Crippen LogP contribution in [0.4, 0.5) is 0 Å². The molecular formula is C24H20N2O2. The highest BCUT2D eigenvalue weighted by Gasteiger charge is 2.16. The zero-order valence-electron chi connectivity index (χ0n) is 15.8. The SMILES string of the molecule is COc1ccc2c(c1)ncc1c(Cc3ccccc3)c3cc(OC)ccc3n12. The summed E-state index contributed by atoms with van der Waals surface area (Å²) >= 11 is 0. The average Bonchev–Trinajstić information content (AvgIpc) is 3.07. The first kappa shape index (κ1) is 16.6. The molecule has 0 unspecified atom stereocenters. The first-order valence-corrected chi connectivity index (χ1v) is 9.26. The van der Waals surface area contributed by atoms with Gasteiger partial charge in [-0.2, -0.15) is 0 Å². The van der Waals surface area contributed by atoms with Crippen molar-refractivity contribution >= 4 is 27.5 Å². The van der Waals surface area contributed by atoms with Gasteiger partial charge in [-0.1, -0.05) is 30.3 Å². The third kappa shape index (κ3) is 2.57. The van der Waals surface area contributed by atoms with Crippen molar-refractivity contribution in [3.63, 3.8) is 0 Å². The molecule has 138 valence electrons. The van der Waals surface area contributed by atoms with E-state index in [0.717, 1.165) is 40.0 Å². The Labute approximate surface area is 163 Å². The quantitative estimate of drug-likeness (QED) is 0.435. The van der Waals surface area contributed by atoms with Crippen LogP contribution in [0.5, 0.6) is 11.5 Å². The molecular weight excluding hydrogens is 348 g/mol. The average molecular weight is 368 g/mol. The van der Waals surface area contributed by atoms with Gasteiger partial charge in [-0.15, -0.1) is 0 Å². The highest BCUT2D eigenvalue weighted by molar-refractivity contribution is 5.97. The molecule has 2 aromatic heterocycles. The molecule has 28 heavy (non-hydrogen) atoms. The summed E-state index contributed by atoms with van der Waals surface area (Å²) in [5.74, 6) is 1.67. The summed E-state index contributed by atoms with van der Waals surface area (Å²) in [5, 5.41) is 1.19. The van der Waals surface area contributed by atoms with Crippen molar-refractivity contribution in [2.75, 3.05) is 14.2 Å². The van der Waals surface area contributed by atoms with Crippen LogP contribution in [0.2, 0.25) is 0 Å². The summed E-state index contributed by atoms with van der Waals surface area (Å²) in [6.45, 7) is 0. The fraction of sp³-hybridized carbons (Fsp3) is 0.125. The van der Waals surface area contributed by atoms with Gasteiger partial charge in [0.2, 0.25) is 0 Å². The summed E-state index contributed by atoms with van der Waals surface area (Å²) in [5.41, 5.74) is 6.77. The van der Waals surface area contributed by atoms with Crippen molar-refractivity contribution in [3.8, 4) is 11.5 Å². The summed E-state index contributed by atoms with van der Waals surface area (Å²) in [6, 6.07) is 22.8. The van der Waals surface area contributed by atoms with Crippen LogP contribution in [-0.2, 0) is 6.42 Å². The van der Waals surface area contributed by atoms with Gasteiger partial charge in [-0.25, -0.2) is 0 Å². The summed E-state index contributed by atoms with van der Waals surface area (Å²) in [4.78, 5) is 4.73. The molecule has 0 saturated heterocycles. The third-order valence-corrected chi connectivity index (χ3v) is 5.29. The lowest BCUT2D eigenvalue weighted by Crippen LogP contribution is -1.93. The number of hydrogen-bond donors (Lipinski definition) is 0. The van der Waals surface area contributed by atoms with E-state index in [1.165, 1.54) is 16.5 Å². The molecule has 0 aliphatic heterocycles. The number of hydrogen-bond acceptors (Lipinski definition) is 3. The molecule has 0 radical (unpaired) electrons. The second kappa shape index (κ2) is 6.57. The van der Waals surface area contributed by atoms with Crippen molar-refractivity contribution in [2.45, 2.75) is 6.42 Å². The Hall–Kier alpha value is -3.53. The minimum absolute atomic E-state index is 0.807. The molecule has 0 aliphatic carbocycles. The van der Waals surface area contributed by atoms with Crippen molar-refractivity contribution < 1.29 is 9.47 Å². The number of methoxy groups -OCH3 is 2. The summed E-state index contributed by atoms with van der Waals surface area (Å²) in [6.07, 6.45) is 2.80. The monoisotopic (exact) mass is 368 g/mol. The number of ether oxygens (including phenoxy) is 2. The second-order valence-corrected chi connectivity index (χ2v) is 6.86. The van der Waals surface area contributed by atoms with E-state index in [0.29, 0.717) is 0 Å². The second-order valence-electron chi connectivity index (χ2n) is 6.86. The first-order chi connectivity index (χ1) is 13.8. The van der Waals surface area contributed by atoms with Crippen molar-refractivity contribution in [1.82, 2.24) is 9.38 Å². The van der Waals surface area contributed by atoms with Gasteiger partial charge in [-0.05, 0) is 41.5 Å². The van der Waals surface area contributed by atoms with Gasteiger partial charge in [-0.3, -0.25) is 4.98 Å². The van der Waals surface area contributed by atoms with Crippen LogP contribution < -0.4 is 9.47 Å². The van der Waals surface area contributed by atoms with Crippen LogP contribution in [0.15, 0.2) is 72.9 Å². The fourth-order valence-corrected chi connectivity index (χ4v) is 3.92. The van der Waals surface area contributed by atoms with E-state index in [1.54, 1.807) is 14.2 Å². The molecule has 0 spiro atoms. The van der Waals surface area contributed by atoms with Crippen LogP contribution >= 0.6 is 0 Å². The first-order valence-electron chi connectivity index (χ1n) is 9.26. The van der Waals surface area contributed by atoms with Crippen molar-refractivity contribution in [3.05, 3.63) is 84.1 Å². The topological polar surface area (TPSA) is 35.8 Å². The zero-order chi connectivity index (χ0) is 19.1. The third-order valence-electron chi connectivity index (χ3n) is 5.29. The molecule has 0 saturated carbocycles. The van der Waals surface area contributed by atoms with Gasteiger partial charge >= 0.3 is 0 Å². The molecule has 5 rings (SSSR count). The van der Waals surface area contributed by atoms with Crippen LogP contribution in [0.3, 0.4) is 0 Å². The molecule has 2 heterocycles. The summed E-state index contributed by atoms with van der Waals surface area (Å²) in [7, 11) is 3.38. The molecule has 4 nitrogen and oxygen atoms in total. The lowest BCUT2D eigenvalue weighted by atomic mass is 10.0. The van der Waals surface area contributed by atoms with E-state index in [1.807, 2.05) is 30.5 Å². The Kier molecular flexibility index (Phi) is 3.90. The maximum absolute atomic E-state index is 5.50. The van der Waals surface area contributed by atoms with E-state index < -0.39 is 0 Å².